The van der Waals surface area contributed by atoms with Crippen molar-refractivity contribution in [2.75, 3.05) is 23.7 Å². The average molecular weight is 190 g/mol. The Labute approximate surface area is 85.7 Å². The van der Waals surface area contributed by atoms with E-state index in [0.717, 1.165) is 13.1 Å². The van der Waals surface area contributed by atoms with Crippen molar-refractivity contribution < 1.29 is 0 Å². The molecule has 0 amide bonds. The van der Waals surface area contributed by atoms with Crippen molar-refractivity contribution in [2.45, 2.75) is 26.2 Å². The maximum absolute atomic E-state index is 3.48. The third kappa shape index (κ3) is 1.84. The Balaban J connectivity index is 2.21. The van der Waals surface area contributed by atoms with Gasteiger partial charge in [-0.05, 0) is 24.5 Å². The second-order valence-corrected chi connectivity index (χ2v) is 3.80. The average Bonchev–Trinajstić information content (AvgIpc) is 2.26. The fraction of sp³-hybridized carbons (Fsp3) is 0.500. The molecule has 2 heteroatoms. The van der Waals surface area contributed by atoms with E-state index < -0.39 is 0 Å². The molecule has 0 saturated carbocycles. The van der Waals surface area contributed by atoms with Gasteiger partial charge in [-0.3, -0.25) is 0 Å². The number of hydrogen-bond acceptors (Lipinski definition) is 2. The van der Waals surface area contributed by atoms with Gasteiger partial charge in [0, 0.05) is 13.1 Å². The van der Waals surface area contributed by atoms with Gasteiger partial charge in [-0.1, -0.05) is 25.5 Å². The lowest BCUT2D eigenvalue weighted by atomic mass is 10.0. The second-order valence-electron chi connectivity index (χ2n) is 3.80. The molecule has 1 heterocycles. The molecule has 0 fully saturated rings. The van der Waals surface area contributed by atoms with Crippen molar-refractivity contribution in [3.05, 3.63) is 23.8 Å². The molecule has 1 aliphatic rings. The molecule has 0 unspecified atom stereocenters. The zero-order valence-corrected chi connectivity index (χ0v) is 8.77. The summed E-state index contributed by atoms with van der Waals surface area (Å²) >= 11 is 0. The Morgan fingerprint density at radius 2 is 2.07 bits per heavy atom. The molecule has 0 aromatic heterocycles. The van der Waals surface area contributed by atoms with E-state index in [9.17, 15) is 0 Å². The minimum Gasteiger partial charge on any atom is -0.382 e. The number of nitrogens with one attached hydrogen (secondary N) is 2. The van der Waals surface area contributed by atoms with Gasteiger partial charge >= 0.3 is 0 Å². The molecule has 1 aliphatic heterocycles. The zero-order valence-electron chi connectivity index (χ0n) is 8.77. The number of rotatable bonds is 3. The largest absolute Gasteiger partial charge is 0.382 e. The van der Waals surface area contributed by atoms with Crippen molar-refractivity contribution in [1.82, 2.24) is 0 Å². The van der Waals surface area contributed by atoms with Crippen LogP contribution in [0, 0.1) is 0 Å². The van der Waals surface area contributed by atoms with E-state index >= 15 is 0 Å². The van der Waals surface area contributed by atoms with Crippen LogP contribution in [0.5, 0.6) is 0 Å². The Morgan fingerprint density at radius 3 is 2.93 bits per heavy atom. The molecule has 2 rings (SSSR count). The maximum atomic E-state index is 3.48. The lowest BCUT2D eigenvalue weighted by molar-refractivity contribution is 0.794. The quantitative estimate of drug-likeness (QED) is 0.765. The molecule has 76 valence electrons. The van der Waals surface area contributed by atoms with E-state index in [1.165, 1.54) is 36.2 Å². The van der Waals surface area contributed by atoms with Crippen LogP contribution in [-0.2, 0) is 6.42 Å². The summed E-state index contributed by atoms with van der Waals surface area (Å²) in [4.78, 5) is 0. The summed E-state index contributed by atoms with van der Waals surface area (Å²) in [5, 5.41) is 6.89. The van der Waals surface area contributed by atoms with Gasteiger partial charge in [0.2, 0.25) is 0 Å². The molecule has 1 aromatic rings. The van der Waals surface area contributed by atoms with Crippen molar-refractivity contribution >= 4 is 11.4 Å². The number of benzene rings is 1. The van der Waals surface area contributed by atoms with Crippen molar-refractivity contribution in [3.63, 3.8) is 0 Å². The Hall–Kier alpha value is -1.18. The van der Waals surface area contributed by atoms with Crippen LogP contribution in [-0.4, -0.2) is 13.1 Å². The SMILES string of the molecule is CCCCc1cccc2c1NCCN2. The topological polar surface area (TPSA) is 24.1 Å². The molecule has 0 spiro atoms. The van der Waals surface area contributed by atoms with Crippen LogP contribution < -0.4 is 10.6 Å². The predicted molar refractivity (Wildman–Crippen MR) is 62.0 cm³/mol. The summed E-state index contributed by atoms with van der Waals surface area (Å²) in [7, 11) is 0. The summed E-state index contributed by atoms with van der Waals surface area (Å²) in [5.74, 6) is 0. The Bertz CT molecular complexity index is 307. The normalized spacial score (nSPS) is 14.1. The van der Waals surface area contributed by atoms with Crippen LogP contribution in [0.3, 0.4) is 0 Å². The molecular weight excluding hydrogens is 172 g/mol. The minimum atomic E-state index is 1.03. The van der Waals surface area contributed by atoms with Crippen LogP contribution in [0.15, 0.2) is 18.2 Å². The smallest absolute Gasteiger partial charge is 0.0609 e. The third-order valence-corrected chi connectivity index (χ3v) is 2.69. The first-order chi connectivity index (χ1) is 6.92. The lowest BCUT2D eigenvalue weighted by Crippen LogP contribution is -2.21. The zero-order chi connectivity index (χ0) is 9.80. The number of anilines is 2. The standard InChI is InChI=1S/C12H18N2/c1-2-3-5-10-6-4-7-11-12(10)14-9-8-13-11/h4,6-7,13-14H,2-3,5,8-9H2,1H3. The van der Waals surface area contributed by atoms with Crippen LogP contribution in [0.4, 0.5) is 11.4 Å². The van der Waals surface area contributed by atoms with Gasteiger partial charge in [0.05, 0.1) is 11.4 Å². The second kappa shape index (κ2) is 4.36. The fourth-order valence-electron chi connectivity index (χ4n) is 1.92. The van der Waals surface area contributed by atoms with Crippen LogP contribution >= 0.6 is 0 Å². The predicted octanol–water partition coefficient (Wildman–Crippen LogP) is 2.87. The summed E-state index contributed by atoms with van der Waals surface area (Å²) in [6.45, 7) is 4.31. The number of hydrogen-bond donors (Lipinski definition) is 2. The van der Waals surface area contributed by atoms with Crippen LogP contribution in [0.2, 0.25) is 0 Å². The number of unbranched alkanes of at least 4 members (excludes halogenated alkanes) is 1. The maximum Gasteiger partial charge on any atom is 0.0609 e. The highest BCUT2D eigenvalue weighted by Crippen LogP contribution is 2.29. The van der Waals surface area contributed by atoms with Crippen LogP contribution in [0.1, 0.15) is 25.3 Å². The van der Waals surface area contributed by atoms with Gasteiger partial charge in [-0.15, -0.1) is 0 Å². The molecule has 14 heavy (non-hydrogen) atoms. The molecule has 2 nitrogen and oxygen atoms in total. The first-order valence-corrected chi connectivity index (χ1v) is 5.51. The minimum absolute atomic E-state index is 1.03. The van der Waals surface area contributed by atoms with Crippen molar-refractivity contribution in [3.8, 4) is 0 Å². The molecule has 0 radical (unpaired) electrons. The molecular formula is C12H18N2. The number of aryl methyl sites for hydroxylation is 1. The van der Waals surface area contributed by atoms with Gasteiger partial charge in [-0.2, -0.15) is 0 Å². The van der Waals surface area contributed by atoms with E-state index in [2.05, 4.69) is 35.8 Å². The monoisotopic (exact) mass is 190 g/mol. The van der Waals surface area contributed by atoms with Crippen molar-refractivity contribution in [1.29, 1.82) is 0 Å². The van der Waals surface area contributed by atoms with Gasteiger partial charge in [0.25, 0.3) is 0 Å². The van der Waals surface area contributed by atoms with E-state index in [1.807, 2.05) is 0 Å². The summed E-state index contributed by atoms with van der Waals surface area (Å²) < 4.78 is 0. The van der Waals surface area contributed by atoms with Gasteiger partial charge in [0.1, 0.15) is 0 Å². The van der Waals surface area contributed by atoms with E-state index in [1.54, 1.807) is 0 Å². The number of fused-ring (bicyclic) bond motifs is 1. The highest BCUT2D eigenvalue weighted by atomic mass is 15.0. The summed E-state index contributed by atoms with van der Waals surface area (Å²) in [6.07, 6.45) is 3.73. The number of para-hydroxylation sites is 1. The Morgan fingerprint density at radius 1 is 1.21 bits per heavy atom. The van der Waals surface area contributed by atoms with E-state index in [4.69, 9.17) is 0 Å². The molecule has 1 aromatic carbocycles. The fourth-order valence-corrected chi connectivity index (χ4v) is 1.92. The van der Waals surface area contributed by atoms with Crippen molar-refractivity contribution in [2.24, 2.45) is 0 Å². The summed E-state index contributed by atoms with van der Waals surface area (Å²) in [6, 6.07) is 6.52. The first-order valence-electron chi connectivity index (χ1n) is 5.51. The van der Waals surface area contributed by atoms with Gasteiger partial charge in [-0.25, -0.2) is 0 Å². The Kier molecular flexibility index (Phi) is 2.92. The third-order valence-electron chi connectivity index (χ3n) is 2.69. The van der Waals surface area contributed by atoms with Gasteiger partial charge < -0.3 is 10.6 Å². The molecule has 0 bridgehead atoms. The van der Waals surface area contributed by atoms with E-state index in [0.29, 0.717) is 0 Å². The molecule has 0 saturated heterocycles. The summed E-state index contributed by atoms with van der Waals surface area (Å²) in [5.41, 5.74) is 4.05. The lowest BCUT2D eigenvalue weighted by Gasteiger charge is -2.22. The highest BCUT2D eigenvalue weighted by molar-refractivity contribution is 5.74. The van der Waals surface area contributed by atoms with E-state index in [-0.39, 0.29) is 0 Å². The highest BCUT2D eigenvalue weighted by Gasteiger charge is 2.10. The first kappa shape index (κ1) is 9.38. The molecule has 0 aliphatic carbocycles. The molecule has 0 atom stereocenters. The van der Waals surface area contributed by atoms with Gasteiger partial charge in [0.15, 0.2) is 0 Å². The van der Waals surface area contributed by atoms with Crippen LogP contribution in [0.25, 0.3) is 0 Å². The molecule has 2 N–H and O–H groups in total.